The standard InChI is InChI=1S/C19H17BrN2O2/c1-11-7-8-13-9-14(18(23)22-17(13)12(11)2)10-21-19(24)15-5-3-4-6-16(15)20/h3-9H,10H2,1-2H3,(H,21,24)(H,22,23). The summed E-state index contributed by atoms with van der Waals surface area (Å²) >= 11 is 3.36. The number of hydrogen-bond donors (Lipinski definition) is 2. The molecule has 0 atom stereocenters. The van der Waals surface area contributed by atoms with Crippen molar-refractivity contribution in [3.8, 4) is 0 Å². The molecule has 3 aromatic rings. The molecule has 2 aromatic carbocycles. The van der Waals surface area contributed by atoms with Crippen LogP contribution in [0.3, 0.4) is 0 Å². The van der Waals surface area contributed by atoms with Crippen LogP contribution in [0.4, 0.5) is 0 Å². The maximum atomic E-state index is 12.3. The van der Waals surface area contributed by atoms with Gasteiger partial charge in [0.1, 0.15) is 0 Å². The summed E-state index contributed by atoms with van der Waals surface area (Å²) in [5, 5.41) is 3.76. The van der Waals surface area contributed by atoms with Crippen molar-refractivity contribution < 1.29 is 4.79 Å². The summed E-state index contributed by atoms with van der Waals surface area (Å²) in [6.07, 6.45) is 0. The number of carbonyl (C=O) groups is 1. The molecule has 0 aliphatic heterocycles. The van der Waals surface area contributed by atoms with Crippen molar-refractivity contribution in [2.24, 2.45) is 0 Å². The molecule has 1 heterocycles. The van der Waals surface area contributed by atoms with E-state index in [4.69, 9.17) is 0 Å². The molecule has 4 nitrogen and oxygen atoms in total. The Morgan fingerprint density at radius 1 is 1.17 bits per heavy atom. The number of nitrogens with one attached hydrogen (secondary N) is 2. The summed E-state index contributed by atoms with van der Waals surface area (Å²) in [6.45, 7) is 4.18. The Balaban J connectivity index is 1.87. The average Bonchev–Trinajstić information content (AvgIpc) is 2.57. The van der Waals surface area contributed by atoms with E-state index in [9.17, 15) is 9.59 Å². The summed E-state index contributed by atoms with van der Waals surface area (Å²) < 4.78 is 0.723. The van der Waals surface area contributed by atoms with Gasteiger partial charge in [0, 0.05) is 16.6 Å². The van der Waals surface area contributed by atoms with Gasteiger partial charge in [0.05, 0.1) is 11.1 Å². The van der Waals surface area contributed by atoms with E-state index in [1.165, 1.54) is 0 Å². The number of pyridine rings is 1. The van der Waals surface area contributed by atoms with E-state index >= 15 is 0 Å². The number of halogens is 1. The van der Waals surface area contributed by atoms with Gasteiger partial charge in [0.15, 0.2) is 0 Å². The normalized spacial score (nSPS) is 10.8. The Labute approximate surface area is 148 Å². The number of fused-ring (bicyclic) bond motifs is 1. The molecule has 0 saturated heterocycles. The fourth-order valence-electron chi connectivity index (χ4n) is 2.62. The first-order valence-electron chi connectivity index (χ1n) is 7.62. The predicted octanol–water partition coefficient (Wildman–Crippen LogP) is 3.84. The zero-order valence-electron chi connectivity index (χ0n) is 13.4. The van der Waals surface area contributed by atoms with Crippen molar-refractivity contribution in [2.75, 3.05) is 0 Å². The SMILES string of the molecule is Cc1ccc2cc(CNC(=O)c3ccccc3Br)c(=O)[nH]c2c1C. The van der Waals surface area contributed by atoms with Gasteiger partial charge in [-0.05, 0) is 64.5 Å². The summed E-state index contributed by atoms with van der Waals surface area (Å²) in [7, 11) is 0. The van der Waals surface area contributed by atoms with E-state index in [0.29, 0.717) is 11.1 Å². The molecule has 24 heavy (non-hydrogen) atoms. The molecule has 0 fully saturated rings. The highest BCUT2D eigenvalue weighted by Gasteiger charge is 2.11. The molecule has 0 spiro atoms. The third-order valence-corrected chi connectivity index (χ3v) is 4.88. The number of hydrogen-bond acceptors (Lipinski definition) is 2. The smallest absolute Gasteiger partial charge is 0.253 e. The number of aromatic nitrogens is 1. The molecule has 122 valence electrons. The highest BCUT2D eigenvalue weighted by molar-refractivity contribution is 9.10. The van der Waals surface area contributed by atoms with Crippen LogP contribution in [0.1, 0.15) is 27.0 Å². The Bertz CT molecular complexity index is 992. The molecular formula is C19H17BrN2O2. The number of aryl methyl sites for hydroxylation is 2. The third-order valence-electron chi connectivity index (χ3n) is 4.19. The van der Waals surface area contributed by atoms with Crippen molar-refractivity contribution in [2.45, 2.75) is 20.4 Å². The van der Waals surface area contributed by atoms with Gasteiger partial charge in [0.25, 0.3) is 11.5 Å². The predicted molar refractivity (Wildman–Crippen MR) is 99.4 cm³/mol. The van der Waals surface area contributed by atoms with Crippen LogP contribution in [-0.4, -0.2) is 10.9 Å². The number of amides is 1. The van der Waals surface area contributed by atoms with Crippen molar-refractivity contribution in [3.63, 3.8) is 0 Å². The third kappa shape index (κ3) is 3.12. The second-order valence-electron chi connectivity index (χ2n) is 5.76. The van der Waals surface area contributed by atoms with E-state index in [1.54, 1.807) is 12.1 Å². The van der Waals surface area contributed by atoms with Gasteiger partial charge in [-0.25, -0.2) is 0 Å². The molecule has 0 aliphatic rings. The lowest BCUT2D eigenvalue weighted by Gasteiger charge is -2.09. The van der Waals surface area contributed by atoms with Crippen molar-refractivity contribution in [3.05, 3.63) is 79.5 Å². The van der Waals surface area contributed by atoms with Gasteiger partial charge in [0.2, 0.25) is 0 Å². The lowest BCUT2D eigenvalue weighted by molar-refractivity contribution is 0.0950. The van der Waals surface area contributed by atoms with Gasteiger partial charge in [-0.3, -0.25) is 9.59 Å². The molecule has 0 bridgehead atoms. The summed E-state index contributed by atoms with van der Waals surface area (Å²) in [5.74, 6) is -0.220. The molecule has 5 heteroatoms. The Kier molecular flexibility index (Phi) is 4.53. The average molecular weight is 385 g/mol. The Hall–Kier alpha value is -2.40. The molecule has 0 radical (unpaired) electrons. The van der Waals surface area contributed by atoms with Crippen molar-refractivity contribution >= 4 is 32.7 Å². The minimum atomic E-state index is -0.220. The lowest BCUT2D eigenvalue weighted by atomic mass is 10.0. The highest BCUT2D eigenvalue weighted by atomic mass is 79.9. The minimum absolute atomic E-state index is 0.177. The molecule has 1 aromatic heterocycles. The molecule has 0 unspecified atom stereocenters. The molecule has 2 N–H and O–H groups in total. The number of rotatable bonds is 3. The molecule has 1 amide bonds. The van der Waals surface area contributed by atoms with Crippen LogP contribution >= 0.6 is 15.9 Å². The Morgan fingerprint density at radius 2 is 1.92 bits per heavy atom. The maximum absolute atomic E-state index is 12.3. The zero-order chi connectivity index (χ0) is 17.3. The second kappa shape index (κ2) is 6.61. The minimum Gasteiger partial charge on any atom is -0.348 e. The highest BCUT2D eigenvalue weighted by Crippen LogP contribution is 2.19. The first-order valence-corrected chi connectivity index (χ1v) is 8.41. The molecule has 3 rings (SSSR count). The van der Waals surface area contributed by atoms with E-state index in [0.717, 1.165) is 26.5 Å². The van der Waals surface area contributed by atoms with Crippen LogP contribution in [0.15, 0.2) is 51.7 Å². The van der Waals surface area contributed by atoms with Gasteiger partial charge < -0.3 is 10.3 Å². The van der Waals surface area contributed by atoms with Crippen molar-refractivity contribution in [1.29, 1.82) is 0 Å². The van der Waals surface area contributed by atoms with Crippen LogP contribution in [-0.2, 0) is 6.54 Å². The molecule has 0 saturated carbocycles. The van der Waals surface area contributed by atoms with E-state index in [2.05, 4.69) is 26.2 Å². The van der Waals surface area contributed by atoms with E-state index in [-0.39, 0.29) is 18.0 Å². The number of benzene rings is 2. The van der Waals surface area contributed by atoms with Crippen molar-refractivity contribution in [1.82, 2.24) is 10.3 Å². The fraction of sp³-hybridized carbons (Fsp3) is 0.158. The second-order valence-corrected chi connectivity index (χ2v) is 6.61. The summed E-state index contributed by atoms with van der Waals surface area (Å²) in [6, 6.07) is 13.0. The van der Waals surface area contributed by atoms with Crippen LogP contribution < -0.4 is 10.9 Å². The first-order chi connectivity index (χ1) is 11.5. The van der Waals surface area contributed by atoms with Crippen LogP contribution in [0.2, 0.25) is 0 Å². The topological polar surface area (TPSA) is 62.0 Å². The van der Waals surface area contributed by atoms with E-state index in [1.807, 2.05) is 44.2 Å². The number of carbonyl (C=O) groups excluding carboxylic acids is 1. The Morgan fingerprint density at radius 3 is 2.67 bits per heavy atom. The van der Waals surface area contributed by atoms with Crippen LogP contribution in [0.25, 0.3) is 10.9 Å². The monoisotopic (exact) mass is 384 g/mol. The summed E-state index contributed by atoms with van der Waals surface area (Å²) in [5.41, 5.74) is 3.94. The number of aromatic amines is 1. The van der Waals surface area contributed by atoms with Crippen LogP contribution in [0.5, 0.6) is 0 Å². The quantitative estimate of drug-likeness (QED) is 0.720. The number of H-pyrrole nitrogens is 1. The molecule has 0 aliphatic carbocycles. The van der Waals surface area contributed by atoms with Crippen LogP contribution in [0, 0.1) is 13.8 Å². The van der Waals surface area contributed by atoms with E-state index < -0.39 is 0 Å². The lowest BCUT2D eigenvalue weighted by Crippen LogP contribution is -2.27. The first kappa shape index (κ1) is 16.5. The van der Waals surface area contributed by atoms with Gasteiger partial charge in [-0.2, -0.15) is 0 Å². The van der Waals surface area contributed by atoms with Gasteiger partial charge in [-0.15, -0.1) is 0 Å². The fourth-order valence-corrected chi connectivity index (χ4v) is 3.08. The maximum Gasteiger partial charge on any atom is 0.253 e. The molecular weight excluding hydrogens is 368 g/mol. The van der Waals surface area contributed by atoms with Gasteiger partial charge in [-0.1, -0.05) is 24.3 Å². The van der Waals surface area contributed by atoms with Gasteiger partial charge >= 0.3 is 0 Å². The zero-order valence-corrected chi connectivity index (χ0v) is 15.0. The largest absolute Gasteiger partial charge is 0.348 e. The summed E-state index contributed by atoms with van der Waals surface area (Å²) in [4.78, 5) is 27.5.